The number of aliphatic hydroxyl groups excluding tert-OH is 1. The molecular formula is C27H32N2O2. The van der Waals surface area contributed by atoms with Crippen molar-refractivity contribution in [3.8, 4) is 0 Å². The largest absolute Gasteiger partial charge is 0.389 e. The van der Waals surface area contributed by atoms with Crippen molar-refractivity contribution in [2.75, 3.05) is 39.3 Å². The second kappa shape index (κ2) is 11.2. The fourth-order valence-electron chi connectivity index (χ4n) is 4.33. The maximum atomic E-state index is 10.4. The molecule has 0 aromatic heterocycles. The third-order valence-corrected chi connectivity index (χ3v) is 5.89. The fourth-order valence-corrected chi connectivity index (χ4v) is 4.33. The highest BCUT2D eigenvalue weighted by molar-refractivity contribution is 5.32. The van der Waals surface area contributed by atoms with Crippen LogP contribution in [0.25, 0.3) is 0 Å². The van der Waals surface area contributed by atoms with Crippen LogP contribution in [0.15, 0.2) is 91.0 Å². The Morgan fingerprint density at radius 3 is 1.77 bits per heavy atom. The monoisotopic (exact) mass is 416 g/mol. The highest BCUT2D eigenvalue weighted by atomic mass is 16.5. The highest BCUT2D eigenvalue weighted by Crippen LogP contribution is 2.29. The van der Waals surface area contributed by atoms with Gasteiger partial charge in [0.15, 0.2) is 0 Å². The Bertz CT molecular complexity index is 841. The van der Waals surface area contributed by atoms with Gasteiger partial charge in [0.2, 0.25) is 0 Å². The molecule has 31 heavy (non-hydrogen) atoms. The van der Waals surface area contributed by atoms with E-state index in [-0.39, 0.29) is 6.04 Å². The Labute approximate surface area is 185 Å². The van der Waals surface area contributed by atoms with Crippen LogP contribution in [0.3, 0.4) is 0 Å². The third kappa shape index (κ3) is 6.25. The molecule has 0 unspecified atom stereocenters. The van der Waals surface area contributed by atoms with Crippen molar-refractivity contribution >= 4 is 0 Å². The van der Waals surface area contributed by atoms with Gasteiger partial charge in [0.05, 0.1) is 25.4 Å². The van der Waals surface area contributed by atoms with E-state index < -0.39 is 6.10 Å². The quantitative estimate of drug-likeness (QED) is 0.573. The van der Waals surface area contributed by atoms with Crippen LogP contribution in [0.5, 0.6) is 0 Å². The summed E-state index contributed by atoms with van der Waals surface area (Å²) in [5.41, 5.74) is 3.80. The van der Waals surface area contributed by atoms with Gasteiger partial charge in [-0.25, -0.2) is 0 Å². The van der Waals surface area contributed by atoms with E-state index in [0.717, 1.165) is 31.7 Å². The number of hydrogen-bond acceptors (Lipinski definition) is 4. The first-order chi connectivity index (χ1) is 15.3. The fraction of sp³-hybridized carbons (Fsp3) is 0.333. The molecule has 0 bridgehead atoms. The minimum Gasteiger partial charge on any atom is -0.389 e. The summed E-state index contributed by atoms with van der Waals surface area (Å²) in [4.78, 5) is 4.90. The molecule has 162 valence electrons. The molecule has 0 aliphatic carbocycles. The average Bonchev–Trinajstić information content (AvgIpc) is 2.82. The molecule has 0 saturated carbocycles. The summed E-state index contributed by atoms with van der Waals surface area (Å²) in [7, 11) is 0. The number of aliphatic hydroxyl groups is 1. The Kier molecular flexibility index (Phi) is 7.86. The van der Waals surface area contributed by atoms with Crippen LogP contribution in [-0.2, 0) is 11.3 Å². The minimum absolute atomic E-state index is 0.267. The zero-order valence-corrected chi connectivity index (χ0v) is 18.0. The Morgan fingerprint density at radius 1 is 0.710 bits per heavy atom. The first kappa shape index (κ1) is 21.7. The van der Waals surface area contributed by atoms with Crippen molar-refractivity contribution in [2.24, 2.45) is 0 Å². The topological polar surface area (TPSA) is 35.9 Å². The van der Waals surface area contributed by atoms with Crippen LogP contribution in [0.2, 0.25) is 0 Å². The van der Waals surface area contributed by atoms with Gasteiger partial charge in [-0.3, -0.25) is 9.80 Å². The lowest BCUT2D eigenvalue weighted by Crippen LogP contribution is -2.50. The second-order valence-electron chi connectivity index (χ2n) is 8.22. The minimum atomic E-state index is -0.464. The number of piperazine rings is 1. The van der Waals surface area contributed by atoms with Gasteiger partial charge in [0.1, 0.15) is 0 Å². The molecule has 1 N–H and O–H groups in total. The molecular weight excluding hydrogens is 384 g/mol. The first-order valence-electron chi connectivity index (χ1n) is 11.2. The summed E-state index contributed by atoms with van der Waals surface area (Å²) in [5, 5.41) is 10.4. The van der Waals surface area contributed by atoms with Crippen LogP contribution >= 0.6 is 0 Å². The third-order valence-electron chi connectivity index (χ3n) is 5.89. The molecule has 0 radical (unpaired) electrons. The molecule has 1 heterocycles. The molecule has 4 rings (SSSR count). The number of rotatable bonds is 9. The van der Waals surface area contributed by atoms with Crippen molar-refractivity contribution in [3.05, 3.63) is 108 Å². The van der Waals surface area contributed by atoms with E-state index in [2.05, 4.69) is 70.5 Å². The van der Waals surface area contributed by atoms with Gasteiger partial charge < -0.3 is 9.84 Å². The van der Waals surface area contributed by atoms with E-state index in [1.54, 1.807) is 0 Å². The number of hydrogen-bond donors (Lipinski definition) is 1. The van der Waals surface area contributed by atoms with E-state index in [0.29, 0.717) is 19.8 Å². The molecule has 1 fully saturated rings. The first-order valence-corrected chi connectivity index (χ1v) is 11.2. The van der Waals surface area contributed by atoms with Crippen molar-refractivity contribution in [1.82, 2.24) is 9.80 Å². The summed E-state index contributed by atoms with van der Waals surface area (Å²) in [6.07, 6.45) is -0.464. The van der Waals surface area contributed by atoms with Crippen LogP contribution in [0, 0.1) is 0 Å². The van der Waals surface area contributed by atoms with Crippen molar-refractivity contribution in [3.63, 3.8) is 0 Å². The lowest BCUT2D eigenvalue weighted by Gasteiger charge is -2.40. The zero-order chi connectivity index (χ0) is 21.3. The average molecular weight is 417 g/mol. The van der Waals surface area contributed by atoms with Gasteiger partial charge in [0, 0.05) is 32.7 Å². The van der Waals surface area contributed by atoms with Gasteiger partial charge in [-0.15, -0.1) is 0 Å². The van der Waals surface area contributed by atoms with Crippen LogP contribution in [-0.4, -0.2) is 60.3 Å². The van der Waals surface area contributed by atoms with Crippen LogP contribution in [0.4, 0.5) is 0 Å². The van der Waals surface area contributed by atoms with E-state index in [9.17, 15) is 5.11 Å². The molecule has 4 nitrogen and oxygen atoms in total. The predicted octanol–water partition coefficient (Wildman–Crippen LogP) is 3.97. The predicted molar refractivity (Wildman–Crippen MR) is 125 cm³/mol. The number of benzene rings is 3. The van der Waals surface area contributed by atoms with Crippen LogP contribution < -0.4 is 0 Å². The van der Waals surface area contributed by atoms with E-state index in [4.69, 9.17) is 4.74 Å². The van der Waals surface area contributed by atoms with Gasteiger partial charge in [-0.1, -0.05) is 91.0 Å². The lowest BCUT2D eigenvalue weighted by atomic mass is 9.96. The molecule has 3 aromatic rings. The van der Waals surface area contributed by atoms with Crippen molar-refractivity contribution < 1.29 is 9.84 Å². The Balaban J connectivity index is 1.28. The standard InChI is InChI=1S/C27H32N2O2/c30-26(22-31-21-23-10-4-1-5-11-23)20-28-16-18-29(19-17-28)27(24-12-6-2-7-13-24)25-14-8-3-9-15-25/h1-15,26-27,30H,16-22H2/t26-/m0/s1. The second-order valence-corrected chi connectivity index (χ2v) is 8.22. The Hall–Kier alpha value is -2.50. The summed E-state index contributed by atoms with van der Waals surface area (Å²) >= 11 is 0. The van der Waals surface area contributed by atoms with E-state index >= 15 is 0 Å². The molecule has 1 saturated heterocycles. The van der Waals surface area contributed by atoms with Crippen molar-refractivity contribution in [1.29, 1.82) is 0 Å². The summed E-state index contributed by atoms with van der Waals surface area (Å²) in [6.45, 7) is 5.42. The molecule has 0 spiro atoms. The molecule has 3 aromatic carbocycles. The van der Waals surface area contributed by atoms with Crippen LogP contribution in [0.1, 0.15) is 22.7 Å². The molecule has 4 heteroatoms. The van der Waals surface area contributed by atoms with Crippen molar-refractivity contribution in [2.45, 2.75) is 18.8 Å². The maximum Gasteiger partial charge on any atom is 0.0900 e. The van der Waals surface area contributed by atoms with Gasteiger partial charge in [0.25, 0.3) is 0 Å². The summed E-state index contributed by atoms with van der Waals surface area (Å²) < 4.78 is 5.71. The van der Waals surface area contributed by atoms with E-state index in [1.807, 2.05) is 30.3 Å². The number of ether oxygens (including phenoxy) is 1. The van der Waals surface area contributed by atoms with Gasteiger partial charge in [-0.2, -0.15) is 0 Å². The highest BCUT2D eigenvalue weighted by Gasteiger charge is 2.27. The Morgan fingerprint density at radius 2 is 1.23 bits per heavy atom. The molecule has 1 aliphatic rings. The molecule has 1 aliphatic heterocycles. The summed E-state index contributed by atoms with van der Waals surface area (Å²) in [6, 6.07) is 31.9. The van der Waals surface area contributed by atoms with Gasteiger partial charge in [-0.05, 0) is 16.7 Å². The smallest absolute Gasteiger partial charge is 0.0900 e. The SMILES string of the molecule is O[C@H](COCc1ccccc1)CN1CCN(C(c2ccccc2)c2ccccc2)CC1. The molecule has 1 atom stereocenters. The summed E-state index contributed by atoms with van der Waals surface area (Å²) in [5.74, 6) is 0. The number of nitrogens with zero attached hydrogens (tertiary/aromatic N) is 2. The maximum absolute atomic E-state index is 10.4. The molecule has 0 amide bonds. The normalized spacial score (nSPS) is 16.5. The lowest BCUT2D eigenvalue weighted by molar-refractivity contribution is -0.000707. The number of β-amino-alcohol motifs (C(OH)–C–C–N with tert-alkyl or cyclic N) is 1. The van der Waals surface area contributed by atoms with Gasteiger partial charge >= 0.3 is 0 Å². The zero-order valence-electron chi connectivity index (χ0n) is 18.0. The van der Waals surface area contributed by atoms with E-state index in [1.165, 1.54) is 11.1 Å².